The highest BCUT2D eigenvalue weighted by Gasteiger charge is 2.28. The number of benzene rings is 2. The van der Waals surface area contributed by atoms with Gasteiger partial charge in [-0.1, -0.05) is 0 Å². The minimum absolute atomic E-state index is 0.0832. The molecule has 2 aromatic carbocycles. The van der Waals surface area contributed by atoms with E-state index < -0.39 is 0 Å². The second-order valence-corrected chi connectivity index (χ2v) is 7.67. The van der Waals surface area contributed by atoms with Crippen molar-refractivity contribution in [2.75, 3.05) is 11.9 Å². The minimum atomic E-state index is -0.385. The fraction of sp³-hybridized carbons (Fsp3) is 0.240. The minimum Gasteiger partial charge on any atom is -0.508 e. The summed E-state index contributed by atoms with van der Waals surface area (Å²) in [5.41, 5.74) is 5.70. The highest BCUT2D eigenvalue weighted by molar-refractivity contribution is 6.09. The van der Waals surface area contributed by atoms with Gasteiger partial charge in [0.2, 0.25) is 0 Å². The summed E-state index contributed by atoms with van der Waals surface area (Å²) in [4.78, 5) is 25.3. The molecule has 8 heteroatoms. The molecule has 0 aliphatic heterocycles. The molecule has 33 heavy (non-hydrogen) atoms. The summed E-state index contributed by atoms with van der Waals surface area (Å²) < 4.78 is 11.3. The molecule has 0 spiro atoms. The third-order valence-electron chi connectivity index (χ3n) is 5.38. The summed E-state index contributed by atoms with van der Waals surface area (Å²) in [5.74, 6) is 1.000. The van der Waals surface area contributed by atoms with Gasteiger partial charge in [-0.25, -0.2) is 5.43 Å². The van der Waals surface area contributed by atoms with Gasteiger partial charge < -0.3 is 19.6 Å². The van der Waals surface area contributed by atoms with E-state index in [0.29, 0.717) is 47.7 Å². The number of hydrazone groups is 1. The van der Waals surface area contributed by atoms with Crippen molar-refractivity contribution in [3.63, 3.8) is 0 Å². The Morgan fingerprint density at radius 2 is 1.79 bits per heavy atom. The van der Waals surface area contributed by atoms with Crippen LogP contribution in [0.1, 0.15) is 57.6 Å². The first-order valence-corrected chi connectivity index (χ1v) is 10.8. The number of furan rings is 1. The molecule has 170 valence electrons. The lowest BCUT2D eigenvalue weighted by Gasteiger charge is -2.13. The first-order valence-electron chi connectivity index (χ1n) is 10.8. The first-order chi connectivity index (χ1) is 16.0. The molecule has 3 N–H and O–H groups in total. The molecule has 3 aromatic rings. The molecule has 2 amide bonds. The molecule has 0 saturated heterocycles. The number of phenolic OH excluding ortho intramolecular Hbond substituents is 1. The van der Waals surface area contributed by atoms with Gasteiger partial charge in [0.05, 0.1) is 12.3 Å². The molecule has 0 unspecified atom stereocenters. The zero-order chi connectivity index (χ0) is 23.4. The maximum atomic E-state index is 12.9. The van der Waals surface area contributed by atoms with Gasteiger partial charge in [-0.2, -0.15) is 5.10 Å². The third-order valence-corrected chi connectivity index (χ3v) is 5.38. The van der Waals surface area contributed by atoms with E-state index in [-0.39, 0.29) is 23.3 Å². The number of nitrogens with zero attached hydrogens (tertiary/aromatic N) is 1. The van der Waals surface area contributed by atoms with Crippen LogP contribution in [0.2, 0.25) is 0 Å². The molecule has 1 heterocycles. The van der Waals surface area contributed by atoms with Crippen molar-refractivity contribution < 1.29 is 23.8 Å². The number of carbonyl (C=O) groups excluding carboxylic acids is 2. The van der Waals surface area contributed by atoms with Crippen LogP contribution in [-0.2, 0) is 6.42 Å². The van der Waals surface area contributed by atoms with Gasteiger partial charge >= 0.3 is 0 Å². The Bertz CT molecular complexity index is 1190. The molecule has 1 aliphatic rings. The number of ether oxygens (including phenoxy) is 1. The van der Waals surface area contributed by atoms with Gasteiger partial charge in [-0.05, 0) is 75.2 Å². The lowest BCUT2D eigenvalue weighted by atomic mass is 9.93. The van der Waals surface area contributed by atoms with E-state index in [0.717, 1.165) is 17.7 Å². The molecule has 1 aliphatic carbocycles. The fourth-order valence-corrected chi connectivity index (χ4v) is 3.78. The lowest BCUT2D eigenvalue weighted by Crippen LogP contribution is -2.22. The average molecular weight is 447 g/mol. The Kier molecular flexibility index (Phi) is 6.44. The molecular weight excluding hydrogens is 422 g/mol. The number of rotatable bonds is 6. The van der Waals surface area contributed by atoms with E-state index in [2.05, 4.69) is 15.8 Å². The maximum Gasteiger partial charge on any atom is 0.291 e. The normalized spacial score (nSPS) is 13.9. The summed E-state index contributed by atoms with van der Waals surface area (Å²) in [6.07, 6.45) is 2.15. The van der Waals surface area contributed by atoms with Crippen molar-refractivity contribution >= 4 is 23.2 Å². The van der Waals surface area contributed by atoms with E-state index in [1.54, 1.807) is 24.3 Å². The number of amides is 2. The smallest absolute Gasteiger partial charge is 0.291 e. The third kappa shape index (κ3) is 4.90. The number of fused-ring (bicyclic) bond motifs is 1. The highest BCUT2D eigenvalue weighted by Crippen LogP contribution is 2.30. The number of hydrogen-bond donors (Lipinski definition) is 3. The molecule has 0 atom stereocenters. The van der Waals surface area contributed by atoms with Crippen molar-refractivity contribution in [2.24, 2.45) is 5.10 Å². The predicted octanol–water partition coefficient (Wildman–Crippen LogP) is 4.42. The van der Waals surface area contributed by atoms with Crippen molar-refractivity contribution in [2.45, 2.75) is 33.1 Å². The van der Waals surface area contributed by atoms with E-state index >= 15 is 0 Å². The molecular formula is C25H25N3O5. The Hall–Kier alpha value is -4.07. The average Bonchev–Trinajstić information content (AvgIpc) is 3.16. The van der Waals surface area contributed by atoms with E-state index in [4.69, 9.17) is 9.15 Å². The van der Waals surface area contributed by atoms with Crippen molar-refractivity contribution in [3.8, 4) is 11.5 Å². The van der Waals surface area contributed by atoms with Gasteiger partial charge in [0.15, 0.2) is 5.76 Å². The highest BCUT2D eigenvalue weighted by atomic mass is 16.5. The zero-order valence-corrected chi connectivity index (χ0v) is 18.5. The van der Waals surface area contributed by atoms with Gasteiger partial charge in [0, 0.05) is 28.8 Å². The van der Waals surface area contributed by atoms with Crippen LogP contribution in [0, 0.1) is 6.92 Å². The maximum absolute atomic E-state index is 12.9. The van der Waals surface area contributed by atoms with E-state index in [1.807, 2.05) is 13.8 Å². The standard InChI is InChI=1S/C25H25N3O5/c1-3-32-19-13-9-17(10-14-19)26-25(31)23-15(2)22-20(5-4-6-21(22)33-23)27-28-24(30)16-7-11-18(29)12-8-16/h7-14,29H,3-6H2,1-2H3,(H,26,31)(H,28,30)/b27-20+. The number of aryl methyl sites for hydroxylation is 1. The molecule has 0 fully saturated rings. The van der Waals surface area contributed by atoms with Crippen LogP contribution in [-0.4, -0.2) is 29.2 Å². The Morgan fingerprint density at radius 1 is 1.06 bits per heavy atom. The van der Waals surface area contributed by atoms with Crippen LogP contribution < -0.4 is 15.5 Å². The molecule has 0 saturated carbocycles. The Morgan fingerprint density at radius 3 is 2.48 bits per heavy atom. The number of aromatic hydroxyl groups is 1. The van der Waals surface area contributed by atoms with Gasteiger partial charge in [-0.3, -0.25) is 9.59 Å². The second-order valence-electron chi connectivity index (χ2n) is 7.67. The summed E-state index contributed by atoms with van der Waals surface area (Å²) in [7, 11) is 0. The largest absolute Gasteiger partial charge is 0.508 e. The first kappa shape index (κ1) is 22.1. The number of anilines is 1. The van der Waals surface area contributed by atoms with E-state index in [9.17, 15) is 14.7 Å². The number of phenols is 1. The SMILES string of the molecule is CCOc1ccc(NC(=O)c2oc3c(c2C)/C(=N/NC(=O)c2ccc(O)cc2)CCC3)cc1. The number of carbonyl (C=O) groups is 2. The molecule has 8 nitrogen and oxygen atoms in total. The molecule has 1 aromatic heterocycles. The van der Waals surface area contributed by atoms with Crippen LogP contribution in [0.4, 0.5) is 5.69 Å². The predicted molar refractivity (Wildman–Crippen MR) is 124 cm³/mol. The number of nitrogens with one attached hydrogen (secondary N) is 2. The van der Waals surface area contributed by atoms with Crippen LogP contribution in [0.25, 0.3) is 0 Å². The quantitative estimate of drug-likeness (QED) is 0.484. The molecule has 0 bridgehead atoms. The second kappa shape index (κ2) is 9.60. The van der Waals surface area contributed by atoms with Crippen molar-refractivity contribution in [3.05, 3.63) is 76.7 Å². The van der Waals surface area contributed by atoms with Crippen LogP contribution in [0.5, 0.6) is 11.5 Å². The molecule has 0 radical (unpaired) electrons. The summed E-state index contributed by atoms with van der Waals surface area (Å²) in [5, 5.41) is 16.5. The summed E-state index contributed by atoms with van der Waals surface area (Å²) in [6, 6.07) is 13.0. The lowest BCUT2D eigenvalue weighted by molar-refractivity contribution is 0.0953. The Labute approximate surface area is 191 Å². The zero-order valence-electron chi connectivity index (χ0n) is 18.5. The Balaban J connectivity index is 1.52. The van der Waals surface area contributed by atoms with Crippen molar-refractivity contribution in [1.29, 1.82) is 0 Å². The van der Waals surface area contributed by atoms with Crippen LogP contribution >= 0.6 is 0 Å². The monoisotopic (exact) mass is 447 g/mol. The fourth-order valence-electron chi connectivity index (χ4n) is 3.78. The van der Waals surface area contributed by atoms with E-state index in [1.165, 1.54) is 24.3 Å². The molecule has 4 rings (SSSR count). The summed E-state index contributed by atoms with van der Waals surface area (Å²) in [6.45, 7) is 4.30. The van der Waals surface area contributed by atoms with Crippen molar-refractivity contribution in [1.82, 2.24) is 5.43 Å². The number of hydrogen-bond acceptors (Lipinski definition) is 6. The van der Waals surface area contributed by atoms with Gasteiger partial charge in [0.1, 0.15) is 17.3 Å². The van der Waals surface area contributed by atoms with Crippen LogP contribution in [0.15, 0.2) is 58.0 Å². The van der Waals surface area contributed by atoms with Crippen LogP contribution in [0.3, 0.4) is 0 Å². The topological polar surface area (TPSA) is 113 Å². The van der Waals surface area contributed by atoms with Gasteiger partial charge in [-0.15, -0.1) is 0 Å². The summed E-state index contributed by atoms with van der Waals surface area (Å²) >= 11 is 0. The van der Waals surface area contributed by atoms with Gasteiger partial charge in [0.25, 0.3) is 11.8 Å².